The van der Waals surface area contributed by atoms with Gasteiger partial charge in [0.05, 0.1) is 10.9 Å². The molecule has 0 saturated heterocycles. The van der Waals surface area contributed by atoms with Crippen molar-refractivity contribution in [2.24, 2.45) is 0 Å². The predicted octanol–water partition coefficient (Wildman–Crippen LogP) is 3.86. The Bertz CT molecular complexity index is 823. The molecular weight excluding hydrogens is 340 g/mol. The predicted molar refractivity (Wildman–Crippen MR) is 90.6 cm³/mol. The molecule has 1 N–H and O–H groups in total. The van der Waals surface area contributed by atoms with Gasteiger partial charge in [-0.25, -0.2) is 15.0 Å². The SMILES string of the molecule is C[C@@H](Sc1ncnc2sccc12)C(=O)Nc1cccnc1Cl. The zero-order valence-electron chi connectivity index (χ0n) is 11.5. The summed E-state index contributed by atoms with van der Waals surface area (Å²) in [5.74, 6) is -0.151. The van der Waals surface area contributed by atoms with Crippen LogP contribution in [0.4, 0.5) is 5.69 Å². The van der Waals surface area contributed by atoms with E-state index in [1.165, 1.54) is 18.1 Å². The second-order valence-corrected chi connectivity index (χ2v) is 6.99. The molecule has 1 amide bonds. The van der Waals surface area contributed by atoms with E-state index in [2.05, 4.69) is 20.3 Å². The van der Waals surface area contributed by atoms with Gasteiger partial charge in [-0.05, 0) is 30.5 Å². The number of aromatic nitrogens is 3. The Morgan fingerprint density at radius 2 is 2.23 bits per heavy atom. The number of pyridine rings is 1. The van der Waals surface area contributed by atoms with E-state index in [0.717, 1.165) is 15.2 Å². The minimum atomic E-state index is -0.325. The smallest absolute Gasteiger partial charge is 0.237 e. The maximum absolute atomic E-state index is 12.3. The van der Waals surface area contributed by atoms with Crippen LogP contribution in [-0.2, 0) is 4.79 Å². The molecule has 5 nitrogen and oxygen atoms in total. The molecule has 1 atom stereocenters. The summed E-state index contributed by atoms with van der Waals surface area (Å²) in [6.07, 6.45) is 3.09. The first-order valence-electron chi connectivity index (χ1n) is 6.41. The molecule has 3 rings (SSSR count). The fourth-order valence-electron chi connectivity index (χ4n) is 1.80. The molecule has 0 aliphatic carbocycles. The third-order valence-electron chi connectivity index (χ3n) is 2.90. The number of hydrogen-bond donors (Lipinski definition) is 1. The molecule has 0 saturated carbocycles. The summed E-state index contributed by atoms with van der Waals surface area (Å²) in [4.78, 5) is 25.6. The van der Waals surface area contributed by atoms with Gasteiger partial charge in [0.15, 0.2) is 5.15 Å². The number of fused-ring (bicyclic) bond motifs is 1. The number of carbonyl (C=O) groups excluding carboxylic acids is 1. The van der Waals surface area contributed by atoms with Crippen LogP contribution in [0.2, 0.25) is 5.15 Å². The minimum Gasteiger partial charge on any atom is -0.322 e. The van der Waals surface area contributed by atoms with E-state index in [-0.39, 0.29) is 16.3 Å². The van der Waals surface area contributed by atoms with Crippen molar-refractivity contribution in [2.45, 2.75) is 17.2 Å². The number of carbonyl (C=O) groups is 1. The van der Waals surface area contributed by atoms with Gasteiger partial charge in [0.1, 0.15) is 16.2 Å². The number of nitrogens with zero attached hydrogens (tertiary/aromatic N) is 3. The molecule has 0 bridgehead atoms. The topological polar surface area (TPSA) is 67.8 Å². The Morgan fingerprint density at radius 3 is 3.05 bits per heavy atom. The van der Waals surface area contributed by atoms with Crippen molar-refractivity contribution in [1.82, 2.24) is 15.0 Å². The first-order valence-corrected chi connectivity index (χ1v) is 8.55. The largest absolute Gasteiger partial charge is 0.322 e. The van der Waals surface area contributed by atoms with Gasteiger partial charge < -0.3 is 5.32 Å². The van der Waals surface area contributed by atoms with E-state index in [0.29, 0.717) is 5.69 Å². The molecule has 0 spiro atoms. The number of thiophene rings is 1. The number of thioether (sulfide) groups is 1. The van der Waals surface area contributed by atoms with Crippen molar-refractivity contribution in [2.75, 3.05) is 5.32 Å². The van der Waals surface area contributed by atoms with Crippen LogP contribution >= 0.6 is 34.7 Å². The summed E-state index contributed by atoms with van der Waals surface area (Å²) in [7, 11) is 0. The molecule has 22 heavy (non-hydrogen) atoms. The van der Waals surface area contributed by atoms with Crippen molar-refractivity contribution in [3.8, 4) is 0 Å². The van der Waals surface area contributed by atoms with E-state index >= 15 is 0 Å². The average Bonchev–Trinajstić information content (AvgIpc) is 2.99. The first kappa shape index (κ1) is 15.2. The average molecular weight is 351 g/mol. The standard InChI is InChI=1S/C14H11ClN4OS2/c1-8(12(20)19-10-3-2-5-16-11(10)15)22-14-9-4-6-21-13(9)17-7-18-14/h2-8H,1H3,(H,19,20)/t8-/m1/s1. The van der Waals surface area contributed by atoms with Crippen LogP contribution in [0, 0.1) is 0 Å². The first-order chi connectivity index (χ1) is 10.6. The fourth-order valence-corrected chi connectivity index (χ4v) is 3.66. The molecule has 0 aliphatic rings. The highest BCUT2D eigenvalue weighted by Crippen LogP contribution is 2.31. The quantitative estimate of drug-likeness (QED) is 0.439. The number of halogens is 1. The highest BCUT2D eigenvalue weighted by molar-refractivity contribution is 8.00. The lowest BCUT2D eigenvalue weighted by Gasteiger charge is -2.12. The van der Waals surface area contributed by atoms with Gasteiger partial charge >= 0.3 is 0 Å². The minimum absolute atomic E-state index is 0.151. The second kappa shape index (κ2) is 6.60. The highest BCUT2D eigenvalue weighted by Gasteiger charge is 2.18. The zero-order chi connectivity index (χ0) is 15.5. The summed E-state index contributed by atoms with van der Waals surface area (Å²) >= 11 is 8.89. The number of anilines is 1. The Labute approximate surface area is 140 Å². The molecule has 8 heteroatoms. The van der Waals surface area contributed by atoms with Crippen LogP contribution in [0.25, 0.3) is 10.2 Å². The van der Waals surface area contributed by atoms with Crippen molar-refractivity contribution in [1.29, 1.82) is 0 Å². The monoisotopic (exact) mass is 350 g/mol. The lowest BCUT2D eigenvalue weighted by Crippen LogP contribution is -2.22. The molecule has 0 aliphatic heterocycles. The molecule has 0 fully saturated rings. The van der Waals surface area contributed by atoms with Gasteiger partial charge in [0.2, 0.25) is 5.91 Å². The van der Waals surface area contributed by atoms with E-state index in [1.807, 2.05) is 18.4 Å². The van der Waals surface area contributed by atoms with Gasteiger partial charge in [-0.1, -0.05) is 23.4 Å². The van der Waals surface area contributed by atoms with Gasteiger partial charge in [0, 0.05) is 11.6 Å². The Hall–Kier alpha value is -1.70. The molecule has 3 aromatic heterocycles. The summed E-state index contributed by atoms with van der Waals surface area (Å²) < 4.78 is 0. The van der Waals surface area contributed by atoms with Crippen LogP contribution in [0.3, 0.4) is 0 Å². The van der Waals surface area contributed by atoms with E-state index in [9.17, 15) is 4.79 Å². The Kier molecular flexibility index (Phi) is 4.56. The van der Waals surface area contributed by atoms with Crippen molar-refractivity contribution >= 4 is 56.5 Å². The maximum atomic E-state index is 12.3. The maximum Gasteiger partial charge on any atom is 0.237 e. The van der Waals surface area contributed by atoms with Gasteiger partial charge in [-0.15, -0.1) is 11.3 Å². The lowest BCUT2D eigenvalue weighted by atomic mass is 10.4. The Balaban J connectivity index is 1.74. The normalized spacial score (nSPS) is 12.3. The highest BCUT2D eigenvalue weighted by atomic mass is 35.5. The molecule has 0 aromatic carbocycles. The van der Waals surface area contributed by atoms with Crippen molar-refractivity contribution in [3.63, 3.8) is 0 Å². The Morgan fingerprint density at radius 1 is 1.36 bits per heavy atom. The van der Waals surface area contributed by atoms with Crippen LogP contribution < -0.4 is 5.32 Å². The van der Waals surface area contributed by atoms with E-state index < -0.39 is 0 Å². The molecular formula is C14H11ClN4OS2. The second-order valence-electron chi connectivity index (χ2n) is 4.41. The number of amides is 1. The van der Waals surface area contributed by atoms with Crippen molar-refractivity contribution < 1.29 is 4.79 Å². The molecule has 112 valence electrons. The molecule has 0 radical (unpaired) electrons. The third-order valence-corrected chi connectivity index (χ3v) is 5.14. The summed E-state index contributed by atoms with van der Waals surface area (Å²) in [5, 5.41) is 6.45. The van der Waals surface area contributed by atoms with Crippen LogP contribution in [-0.4, -0.2) is 26.1 Å². The number of hydrogen-bond acceptors (Lipinski definition) is 6. The van der Waals surface area contributed by atoms with Crippen LogP contribution in [0.1, 0.15) is 6.92 Å². The van der Waals surface area contributed by atoms with E-state index in [1.54, 1.807) is 29.7 Å². The fraction of sp³-hybridized carbons (Fsp3) is 0.143. The molecule has 0 unspecified atom stereocenters. The van der Waals surface area contributed by atoms with E-state index in [4.69, 9.17) is 11.6 Å². The van der Waals surface area contributed by atoms with Crippen LogP contribution in [0.5, 0.6) is 0 Å². The number of rotatable bonds is 4. The zero-order valence-corrected chi connectivity index (χ0v) is 13.9. The molecule has 3 aromatic rings. The summed E-state index contributed by atoms with van der Waals surface area (Å²) in [6, 6.07) is 5.40. The lowest BCUT2D eigenvalue weighted by molar-refractivity contribution is -0.115. The third kappa shape index (κ3) is 3.21. The summed E-state index contributed by atoms with van der Waals surface area (Å²) in [5.41, 5.74) is 0.505. The summed E-state index contributed by atoms with van der Waals surface area (Å²) in [6.45, 7) is 1.82. The van der Waals surface area contributed by atoms with Crippen LogP contribution in [0.15, 0.2) is 41.1 Å². The van der Waals surface area contributed by atoms with Crippen molar-refractivity contribution in [3.05, 3.63) is 41.3 Å². The molecule has 3 heterocycles. The van der Waals surface area contributed by atoms with Gasteiger partial charge in [-0.3, -0.25) is 4.79 Å². The van der Waals surface area contributed by atoms with Gasteiger partial charge in [-0.2, -0.15) is 0 Å². The van der Waals surface area contributed by atoms with Gasteiger partial charge in [0.25, 0.3) is 0 Å². The number of nitrogens with one attached hydrogen (secondary N) is 1.